The van der Waals surface area contributed by atoms with E-state index in [1.807, 2.05) is 12.1 Å². The molecule has 6 rings (SSSR count). The highest BCUT2D eigenvalue weighted by molar-refractivity contribution is 5.94. The van der Waals surface area contributed by atoms with Crippen molar-refractivity contribution in [2.24, 2.45) is 39.5 Å². The van der Waals surface area contributed by atoms with Crippen LogP contribution in [0, 0.1) is 34.5 Å². The lowest BCUT2D eigenvalue weighted by molar-refractivity contribution is -0.0698. The highest BCUT2D eigenvalue weighted by atomic mass is 16.5. The average molecular weight is 464 g/mol. The number of benzene rings is 1. The summed E-state index contributed by atoms with van der Waals surface area (Å²) in [7, 11) is 1.70. The Morgan fingerprint density at radius 1 is 0.971 bits per heavy atom. The molecule has 0 saturated heterocycles. The maximum Gasteiger partial charge on any atom is 0.216 e. The molecule has 1 N–H and O–H groups in total. The van der Waals surface area contributed by atoms with Crippen LogP contribution in [0.3, 0.4) is 0 Å². The number of aliphatic imine (C=N–C) groups is 1. The van der Waals surface area contributed by atoms with Gasteiger partial charge in [0.15, 0.2) is 0 Å². The van der Waals surface area contributed by atoms with Crippen molar-refractivity contribution >= 4 is 5.90 Å². The van der Waals surface area contributed by atoms with Crippen LogP contribution >= 0.6 is 0 Å². The van der Waals surface area contributed by atoms with Gasteiger partial charge in [0.1, 0.15) is 11.9 Å². The number of rotatable bonds is 3. The van der Waals surface area contributed by atoms with Crippen molar-refractivity contribution in [1.82, 2.24) is 0 Å². The molecule has 3 saturated carbocycles. The van der Waals surface area contributed by atoms with Gasteiger partial charge in [0.05, 0.1) is 13.2 Å². The zero-order valence-corrected chi connectivity index (χ0v) is 21.1. The van der Waals surface area contributed by atoms with E-state index in [0.717, 1.165) is 60.8 Å². The number of fused-ring (bicyclic) bond motifs is 5. The van der Waals surface area contributed by atoms with Crippen molar-refractivity contribution in [1.29, 1.82) is 0 Å². The summed E-state index contributed by atoms with van der Waals surface area (Å²) in [5.74, 6) is 4.69. The topological polar surface area (TPSA) is 51.0 Å². The number of aliphatic hydroxyl groups excluding tert-OH is 1. The number of allylic oxidation sites excluding steroid dienone is 1. The van der Waals surface area contributed by atoms with Gasteiger partial charge in [-0.15, -0.1) is 0 Å². The molecule has 184 valence electrons. The van der Waals surface area contributed by atoms with Gasteiger partial charge in [0.2, 0.25) is 5.90 Å². The molecule has 0 aromatic heterocycles. The Bertz CT molecular complexity index is 983. The zero-order valence-electron chi connectivity index (χ0n) is 21.1. The lowest BCUT2D eigenvalue weighted by Crippen LogP contribution is -2.51. The van der Waals surface area contributed by atoms with Crippen molar-refractivity contribution < 1.29 is 14.6 Å². The second-order valence-electron chi connectivity index (χ2n) is 12.2. The molecule has 1 aromatic rings. The van der Waals surface area contributed by atoms with E-state index in [1.165, 1.54) is 38.5 Å². The summed E-state index contributed by atoms with van der Waals surface area (Å²) in [6.45, 7) is 5.99. The minimum Gasteiger partial charge on any atom is -0.497 e. The first kappa shape index (κ1) is 22.6. The number of hydrogen-bond donors (Lipinski definition) is 1. The third-order valence-electron chi connectivity index (χ3n) is 10.9. The molecule has 1 heterocycles. The Morgan fingerprint density at radius 2 is 1.76 bits per heavy atom. The number of nitrogens with zero attached hydrogens (tertiary/aromatic N) is 1. The second kappa shape index (κ2) is 8.40. The van der Waals surface area contributed by atoms with E-state index < -0.39 is 0 Å². The minimum atomic E-state index is -0.120. The van der Waals surface area contributed by atoms with Crippen LogP contribution in [0.1, 0.15) is 77.2 Å². The van der Waals surface area contributed by atoms with E-state index in [1.54, 1.807) is 12.7 Å². The Hall–Kier alpha value is -1.81. The summed E-state index contributed by atoms with van der Waals surface area (Å²) in [5.41, 5.74) is 3.31. The number of aliphatic hydroxyl groups is 1. The van der Waals surface area contributed by atoms with E-state index in [2.05, 4.69) is 32.1 Å². The molecular weight excluding hydrogens is 422 g/mol. The highest BCUT2D eigenvalue weighted by Gasteiger charge is 2.60. The molecule has 0 bridgehead atoms. The van der Waals surface area contributed by atoms with E-state index in [0.29, 0.717) is 16.7 Å². The first-order chi connectivity index (χ1) is 16.4. The molecule has 34 heavy (non-hydrogen) atoms. The SMILES string of the molecule is COc1ccc(C2=NCCC([C@H]3CC[C@H]4[C@@H]5CC=C6C[C@@H](O)CC[C@]6(C)[C@H]5CC[C@]34C)O2)cc1. The van der Waals surface area contributed by atoms with E-state index >= 15 is 0 Å². The first-order valence-corrected chi connectivity index (χ1v) is 13.7. The fourth-order valence-corrected chi connectivity index (χ4v) is 9.00. The van der Waals surface area contributed by atoms with Crippen LogP contribution < -0.4 is 4.74 Å². The normalized spacial score (nSPS) is 43.5. The average Bonchev–Trinajstić information content (AvgIpc) is 3.22. The predicted octanol–water partition coefficient (Wildman–Crippen LogP) is 6.17. The number of ether oxygens (including phenoxy) is 2. The van der Waals surface area contributed by atoms with Gasteiger partial charge in [-0.2, -0.15) is 0 Å². The van der Waals surface area contributed by atoms with Gasteiger partial charge in [-0.1, -0.05) is 25.5 Å². The maximum atomic E-state index is 10.3. The van der Waals surface area contributed by atoms with Crippen molar-refractivity contribution in [3.63, 3.8) is 0 Å². The van der Waals surface area contributed by atoms with Crippen LogP contribution in [-0.2, 0) is 4.74 Å². The van der Waals surface area contributed by atoms with Gasteiger partial charge >= 0.3 is 0 Å². The molecule has 0 amide bonds. The fraction of sp³-hybridized carbons (Fsp3) is 0.700. The molecule has 1 aliphatic heterocycles. The van der Waals surface area contributed by atoms with Crippen LogP contribution in [0.4, 0.5) is 0 Å². The van der Waals surface area contributed by atoms with Crippen LogP contribution in [0.2, 0.25) is 0 Å². The number of methoxy groups -OCH3 is 1. The molecule has 8 atom stereocenters. The van der Waals surface area contributed by atoms with Gasteiger partial charge in [0, 0.05) is 24.4 Å². The van der Waals surface area contributed by atoms with Crippen molar-refractivity contribution in [3.8, 4) is 5.75 Å². The Kier molecular flexibility index (Phi) is 5.59. The quantitative estimate of drug-likeness (QED) is 0.545. The summed E-state index contributed by atoms with van der Waals surface area (Å²) in [4.78, 5) is 4.75. The summed E-state index contributed by atoms with van der Waals surface area (Å²) >= 11 is 0. The summed E-state index contributed by atoms with van der Waals surface area (Å²) in [5, 5.41) is 10.3. The molecule has 4 heteroatoms. The molecular formula is C30H41NO3. The summed E-state index contributed by atoms with van der Waals surface area (Å²) < 4.78 is 12.0. The molecule has 4 nitrogen and oxygen atoms in total. The molecule has 1 unspecified atom stereocenters. The lowest BCUT2D eigenvalue weighted by Gasteiger charge is -2.58. The van der Waals surface area contributed by atoms with Gasteiger partial charge in [-0.05, 0) is 104 Å². The van der Waals surface area contributed by atoms with E-state index in [9.17, 15) is 5.11 Å². The fourth-order valence-electron chi connectivity index (χ4n) is 9.00. The molecule has 0 spiro atoms. The van der Waals surface area contributed by atoms with Crippen molar-refractivity contribution in [2.75, 3.05) is 13.7 Å². The van der Waals surface area contributed by atoms with E-state index in [-0.39, 0.29) is 12.2 Å². The summed E-state index contributed by atoms with van der Waals surface area (Å²) in [6.07, 6.45) is 13.3. The molecule has 5 aliphatic rings. The minimum absolute atomic E-state index is 0.120. The van der Waals surface area contributed by atoms with Crippen molar-refractivity contribution in [2.45, 2.75) is 83.8 Å². The molecule has 3 fully saturated rings. The Balaban J connectivity index is 1.21. The van der Waals surface area contributed by atoms with Gasteiger partial charge in [-0.3, -0.25) is 4.99 Å². The monoisotopic (exact) mass is 463 g/mol. The standard InChI is InChI=1S/C30H41NO3/c1-29-15-12-21(32)18-20(29)6-9-23-24-10-11-26(30(24,2)16-13-25(23)29)27-14-17-31-28(34-27)19-4-7-22(33-3)8-5-19/h4-8,21,23-27,32H,9-18H2,1-3H3/t21-,23-,24-,25-,26+,27?,29-,30-/m0/s1. The van der Waals surface area contributed by atoms with Gasteiger partial charge in [-0.25, -0.2) is 0 Å². The Morgan fingerprint density at radius 3 is 2.56 bits per heavy atom. The van der Waals surface area contributed by atoms with Crippen LogP contribution in [0.5, 0.6) is 5.75 Å². The lowest BCUT2D eigenvalue weighted by atomic mass is 9.47. The van der Waals surface area contributed by atoms with Crippen LogP contribution in [0.15, 0.2) is 40.9 Å². The van der Waals surface area contributed by atoms with Crippen LogP contribution in [0.25, 0.3) is 0 Å². The maximum absolute atomic E-state index is 10.3. The Labute approximate surface area is 204 Å². The third-order valence-corrected chi connectivity index (χ3v) is 10.9. The van der Waals surface area contributed by atoms with Gasteiger partial charge < -0.3 is 14.6 Å². The molecule has 4 aliphatic carbocycles. The van der Waals surface area contributed by atoms with E-state index in [4.69, 9.17) is 14.5 Å². The molecule has 0 radical (unpaired) electrons. The number of hydrogen-bond acceptors (Lipinski definition) is 4. The third kappa shape index (κ3) is 3.46. The molecule has 1 aromatic carbocycles. The first-order valence-electron chi connectivity index (χ1n) is 13.7. The zero-order chi connectivity index (χ0) is 23.5. The second-order valence-corrected chi connectivity index (χ2v) is 12.2. The van der Waals surface area contributed by atoms with Gasteiger partial charge in [0.25, 0.3) is 0 Å². The van der Waals surface area contributed by atoms with Crippen LogP contribution in [-0.4, -0.2) is 36.9 Å². The summed E-state index contributed by atoms with van der Waals surface area (Å²) in [6, 6.07) is 8.12. The van der Waals surface area contributed by atoms with Crippen molar-refractivity contribution in [3.05, 3.63) is 41.5 Å². The largest absolute Gasteiger partial charge is 0.497 e. The predicted molar refractivity (Wildman–Crippen MR) is 135 cm³/mol. The highest BCUT2D eigenvalue weighted by Crippen LogP contribution is 2.67. The smallest absolute Gasteiger partial charge is 0.216 e.